The van der Waals surface area contributed by atoms with Crippen molar-refractivity contribution in [3.8, 4) is 0 Å². The molecule has 15 heavy (non-hydrogen) atoms. The number of nitrogens with zero attached hydrogens (tertiary/aromatic N) is 3. The largest absolute Gasteiger partial charge is 0.327 e. The lowest BCUT2D eigenvalue weighted by Crippen LogP contribution is -2.13. The number of nitrogens with two attached hydrogens (primary N) is 1. The molecular weight excluding hydrogens is 188 g/mol. The summed E-state index contributed by atoms with van der Waals surface area (Å²) in [6.07, 6.45) is 6.96. The molecule has 2 rings (SSSR count). The minimum atomic E-state index is 0.340. The summed E-state index contributed by atoms with van der Waals surface area (Å²) in [7, 11) is 0. The molecule has 1 unspecified atom stereocenters. The first-order valence-electron chi connectivity index (χ1n) is 5.51. The van der Waals surface area contributed by atoms with Crippen molar-refractivity contribution >= 4 is 6.08 Å². The van der Waals surface area contributed by atoms with E-state index >= 15 is 0 Å². The first-order valence-corrected chi connectivity index (χ1v) is 5.51. The quantitative estimate of drug-likeness (QED) is 0.802. The SMILES string of the molecule is CC(C)n1ncnc1C=C1CCC(N)C1. The normalized spacial score (nSPS) is 24.3. The molecule has 1 aromatic heterocycles. The van der Waals surface area contributed by atoms with E-state index in [2.05, 4.69) is 30.0 Å². The van der Waals surface area contributed by atoms with Gasteiger partial charge < -0.3 is 5.73 Å². The predicted octanol–water partition coefficient (Wildman–Crippen LogP) is 1.75. The molecule has 4 heteroatoms. The molecule has 1 atom stereocenters. The number of aromatic nitrogens is 3. The third-order valence-electron chi connectivity index (χ3n) is 2.78. The van der Waals surface area contributed by atoms with Crippen molar-refractivity contribution in [2.75, 3.05) is 0 Å². The predicted molar refractivity (Wildman–Crippen MR) is 60.2 cm³/mol. The van der Waals surface area contributed by atoms with Gasteiger partial charge in [-0.1, -0.05) is 5.57 Å². The van der Waals surface area contributed by atoms with Crippen LogP contribution in [0.25, 0.3) is 6.08 Å². The number of hydrogen-bond donors (Lipinski definition) is 1. The van der Waals surface area contributed by atoms with Crippen LogP contribution in [0, 0.1) is 0 Å². The summed E-state index contributed by atoms with van der Waals surface area (Å²) in [4.78, 5) is 4.26. The van der Waals surface area contributed by atoms with Crippen molar-refractivity contribution in [2.45, 2.75) is 45.2 Å². The monoisotopic (exact) mass is 206 g/mol. The Hall–Kier alpha value is -1.16. The Morgan fingerprint density at radius 2 is 2.40 bits per heavy atom. The van der Waals surface area contributed by atoms with E-state index in [-0.39, 0.29) is 0 Å². The van der Waals surface area contributed by atoms with Gasteiger partial charge in [0.2, 0.25) is 0 Å². The lowest BCUT2D eigenvalue weighted by atomic mass is 10.2. The summed E-state index contributed by atoms with van der Waals surface area (Å²) >= 11 is 0. The molecule has 0 spiro atoms. The third-order valence-corrected chi connectivity index (χ3v) is 2.78. The highest BCUT2D eigenvalue weighted by molar-refractivity contribution is 5.46. The molecular formula is C11H18N4. The van der Waals surface area contributed by atoms with Crippen LogP contribution < -0.4 is 5.73 Å². The van der Waals surface area contributed by atoms with Gasteiger partial charge in [0, 0.05) is 12.1 Å². The molecule has 0 aliphatic heterocycles. The van der Waals surface area contributed by atoms with E-state index in [9.17, 15) is 0 Å². The van der Waals surface area contributed by atoms with E-state index in [0.29, 0.717) is 12.1 Å². The second-order valence-corrected chi connectivity index (χ2v) is 4.46. The van der Waals surface area contributed by atoms with Crippen molar-refractivity contribution < 1.29 is 0 Å². The van der Waals surface area contributed by atoms with Crippen molar-refractivity contribution in [3.63, 3.8) is 0 Å². The molecule has 0 bridgehead atoms. The zero-order chi connectivity index (χ0) is 10.8. The van der Waals surface area contributed by atoms with Gasteiger partial charge in [-0.05, 0) is 39.2 Å². The molecule has 1 aromatic rings. The van der Waals surface area contributed by atoms with E-state index < -0.39 is 0 Å². The molecule has 1 aliphatic carbocycles. The van der Waals surface area contributed by atoms with Crippen LogP contribution in [-0.2, 0) is 0 Å². The Morgan fingerprint density at radius 1 is 1.60 bits per heavy atom. The van der Waals surface area contributed by atoms with Crippen LogP contribution in [-0.4, -0.2) is 20.8 Å². The van der Waals surface area contributed by atoms with Crippen LogP contribution in [0.15, 0.2) is 11.9 Å². The number of rotatable bonds is 2. The van der Waals surface area contributed by atoms with Crippen molar-refractivity contribution in [1.29, 1.82) is 0 Å². The summed E-state index contributed by atoms with van der Waals surface area (Å²) in [6, 6.07) is 0.695. The minimum Gasteiger partial charge on any atom is -0.327 e. The fourth-order valence-corrected chi connectivity index (χ4v) is 1.99. The fraction of sp³-hybridized carbons (Fsp3) is 0.636. The van der Waals surface area contributed by atoms with Gasteiger partial charge in [0.1, 0.15) is 6.33 Å². The van der Waals surface area contributed by atoms with Crippen LogP contribution >= 0.6 is 0 Å². The van der Waals surface area contributed by atoms with Crippen molar-refractivity contribution in [3.05, 3.63) is 17.7 Å². The second-order valence-electron chi connectivity index (χ2n) is 4.46. The van der Waals surface area contributed by atoms with E-state index in [1.54, 1.807) is 6.33 Å². The van der Waals surface area contributed by atoms with Crippen LogP contribution in [0.5, 0.6) is 0 Å². The summed E-state index contributed by atoms with van der Waals surface area (Å²) in [6.45, 7) is 4.22. The van der Waals surface area contributed by atoms with E-state index in [1.165, 1.54) is 5.57 Å². The molecule has 2 N–H and O–H groups in total. The molecule has 0 aromatic carbocycles. The van der Waals surface area contributed by atoms with Gasteiger partial charge in [0.15, 0.2) is 5.82 Å². The van der Waals surface area contributed by atoms with Crippen molar-refractivity contribution in [2.24, 2.45) is 5.73 Å². The highest BCUT2D eigenvalue weighted by Crippen LogP contribution is 2.25. The lowest BCUT2D eigenvalue weighted by molar-refractivity contribution is 0.526. The molecule has 1 saturated carbocycles. The highest BCUT2D eigenvalue weighted by atomic mass is 15.3. The van der Waals surface area contributed by atoms with E-state index in [0.717, 1.165) is 25.1 Å². The van der Waals surface area contributed by atoms with Crippen LogP contribution in [0.1, 0.15) is 45.0 Å². The molecule has 1 aliphatic rings. The van der Waals surface area contributed by atoms with E-state index in [1.807, 2.05) is 4.68 Å². The fourth-order valence-electron chi connectivity index (χ4n) is 1.99. The second kappa shape index (κ2) is 4.14. The Balaban J connectivity index is 2.20. The van der Waals surface area contributed by atoms with Crippen molar-refractivity contribution in [1.82, 2.24) is 14.8 Å². The Labute approximate surface area is 90.2 Å². The Kier molecular flexibility index (Phi) is 2.86. The molecule has 1 fully saturated rings. The third kappa shape index (κ3) is 2.26. The lowest BCUT2D eigenvalue weighted by Gasteiger charge is -2.07. The molecule has 1 heterocycles. The maximum atomic E-state index is 5.87. The summed E-state index contributed by atoms with van der Waals surface area (Å²) in [5, 5.41) is 4.21. The van der Waals surface area contributed by atoms with E-state index in [4.69, 9.17) is 5.73 Å². The van der Waals surface area contributed by atoms with Gasteiger partial charge in [-0.15, -0.1) is 0 Å². The smallest absolute Gasteiger partial charge is 0.150 e. The summed E-state index contributed by atoms with van der Waals surface area (Å²) < 4.78 is 1.94. The zero-order valence-corrected chi connectivity index (χ0v) is 9.35. The zero-order valence-electron chi connectivity index (χ0n) is 9.35. The van der Waals surface area contributed by atoms with Gasteiger partial charge in [-0.3, -0.25) is 0 Å². The van der Waals surface area contributed by atoms with Gasteiger partial charge in [-0.2, -0.15) is 5.10 Å². The maximum absolute atomic E-state index is 5.87. The molecule has 0 radical (unpaired) electrons. The van der Waals surface area contributed by atoms with Crippen LogP contribution in [0.3, 0.4) is 0 Å². The Morgan fingerprint density at radius 3 is 3.00 bits per heavy atom. The average Bonchev–Trinajstić information content (AvgIpc) is 2.75. The Bertz CT molecular complexity index is 364. The average molecular weight is 206 g/mol. The van der Waals surface area contributed by atoms with Gasteiger partial charge in [-0.25, -0.2) is 9.67 Å². The first kappa shape index (κ1) is 10.4. The minimum absolute atomic E-state index is 0.340. The maximum Gasteiger partial charge on any atom is 0.150 e. The van der Waals surface area contributed by atoms with Gasteiger partial charge in [0.25, 0.3) is 0 Å². The molecule has 0 saturated heterocycles. The summed E-state index contributed by atoms with van der Waals surface area (Å²) in [5.74, 6) is 0.953. The highest BCUT2D eigenvalue weighted by Gasteiger charge is 2.16. The topological polar surface area (TPSA) is 56.7 Å². The van der Waals surface area contributed by atoms with Crippen LogP contribution in [0.2, 0.25) is 0 Å². The van der Waals surface area contributed by atoms with Gasteiger partial charge in [0.05, 0.1) is 0 Å². The standard InChI is InChI=1S/C11H18N4/c1-8(2)15-11(13-7-14-15)6-9-3-4-10(12)5-9/h6-8,10H,3-5,12H2,1-2H3. The summed E-state index contributed by atoms with van der Waals surface area (Å²) in [5.41, 5.74) is 7.27. The number of hydrogen-bond acceptors (Lipinski definition) is 3. The molecule has 0 amide bonds. The first-order chi connectivity index (χ1) is 7.16. The molecule has 82 valence electrons. The van der Waals surface area contributed by atoms with Gasteiger partial charge >= 0.3 is 0 Å². The molecule has 4 nitrogen and oxygen atoms in total. The van der Waals surface area contributed by atoms with Crippen LogP contribution in [0.4, 0.5) is 0 Å².